The van der Waals surface area contributed by atoms with Crippen molar-refractivity contribution in [1.29, 1.82) is 0 Å². The molecule has 0 spiro atoms. The Morgan fingerprint density at radius 2 is 2.00 bits per heavy atom. The topological polar surface area (TPSA) is 79.5 Å². The monoisotopic (exact) mass is 302 g/mol. The average molecular weight is 302 g/mol. The molecular formula is C16H22N4O2. The van der Waals surface area contributed by atoms with E-state index in [1.807, 2.05) is 23.1 Å². The van der Waals surface area contributed by atoms with E-state index < -0.39 is 0 Å². The molecule has 6 heteroatoms. The van der Waals surface area contributed by atoms with Crippen LogP contribution in [0.4, 0.5) is 10.6 Å². The smallest absolute Gasteiger partial charge is 0.326 e. The molecule has 0 radical (unpaired) electrons. The third-order valence-corrected chi connectivity index (χ3v) is 4.71. The molecule has 22 heavy (non-hydrogen) atoms. The number of aromatic nitrogens is 1. The zero-order valence-electron chi connectivity index (χ0n) is 12.6. The summed E-state index contributed by atoms with van der Waals surface area (Å²) >= 11 is 0. The highest BCUT2D eigenvalue weighted by atomic mass is 16.2. The van der Waals surface area contributed by atoms with Gasteiger partial charge in [0, 0.05) is 31.7 Å². The number of primary amides is 1. The summed E-state index contributed by atoms with van der Waals surface area (Å²) in [7, 11) is 0. The van der Waals surface area contributed by atoms with Gasteiger partial charge in [0.15, 0.2) is 0 Å². The summed E-state index contributed by atoms with van der Waals surface area (Å²) < 4.78 is 0. The number of nitrogens with zero attached hydrogens (tertiary/aromatic N) is 3. The highest BCUT2D eigenvalue weighted by Gasteiger charge is 2.36. The Morgan fingerprint density at radius 3 is 2.64 bits per heavy atom. The van der Waals surface area contributed by atoms with E-state index in [1.165, 1.54) is 0 Å². The van der Waals surface area contributed by atoms with Crippen molar-refractivity contribution in [1.82, 2.24) is 9.88 Å². The number of hydrogen-bond acceptors (Lipinski definition) is 3. The number of nitrogens with two attached hydrogens (primary N) is 1. The summed E-state index contributed by atoms with van der Waals surface area (Å²) in [5, 5.41) is 0. The Kier molecular flexibility index (Phi) is 4.27. The normalized spacial score (nSPS) is 25.5. The Bertz CT molecular complexity index is 540. The molecule has 0 unspecified atom stereocenters. The van der Waals surface area contributed by atoms with Gasteiger partial charge in [-0.15, -0.1) is 0 Å². The Balaban J connectivity index is 1.59. The minimum absolute atomic E-state index is 0.0528. The summed E-state index contributed by atoms with van der Waals surface area (Å²) in [6, 6.07) is 5.95. The first-order valence-corrected chi connectivity index (χ1v) is 7.92. The van der Waals surface area contributed by atoms with Gasteiger partial charge in [-0.2, -0.15) is 0 Å². The van der Waals surface area contributed by atoms with Crippen LogP contribution in [0.2, 0.25) is 0 Å². The average Bonchev–Trinajstić information content (AvgIpc) is 2.90. The number of rotatable bonds is 4. The van der Waals surface area contributed by atoms with Gasteiger partial charge < -0.3 is 10.6 Å². The quantitative estimate of drug-likeness (QED) is 0.920. The predicted octanol–water partition coefficient (Wildman–Crippen LogP) is 1.76. The van der Waals surface area contributed by atoms with E-state index in [1.54, 1.807) is 11.1 Å². The van der Waals surface area contributed by atoms with Crippen molar-refractivity contribution in [2.45, 2.75) is 38.1 Å². The zero-order valence-corrected chi connectivity index (χ0v) is 12.6. The first-order chi connectivity index (χ1) is 10.6. The number of hydrogen-bond donors (Lipinski definition) is 1. The standard InChI is InChI=1S/C16H22N4O2/c17-14(21)11-12-4-6-13(7-5-12)19-9-10-20(16(19)22)15-3-1-2-8-18-15/h1-3,8,12-13H,4-7,9-11H2,(H2,17,21). The molecule has 6 nitrogen and oxygen atoms in total. The summed E-state index contributed by atoms with van der Waals surface area (Å²) in [4.78, 5) is 31.6. The fourth-order valence-corrected chi connectivity index (χ4v) is 3.56. The second-order valence-corrected chi connectivity index (χ2v) is 6.16. The molecule has 2 aliphatic rings. The molecule has 0 bridgehead atoms. The molecule has 1 aromatic rings. The van der Waals surface area contributed by atoms with Crippen molar-refractivity contribution in [2.24, 2.45) is 11.7 Å². The second-order valence-electron chi connectivity index (χ2n) is 6.16. The Morgan fingerprint density at radius 1 is 1.23 bits per heavy atom. The van der Waals surface area contributed by atoms with Gasteiger partial charge in [-0.3, -0.25) is 9.69 Å². The van der Waals surface area contributed by atoms with E-state index in [0.29, 0.717) is 18.9 Å². The van der Waals surface area contributed by atoms with Gasteiger partial charge in [0.2, 0.25) is 5.91 Å². The predicted molar refractivity (Wildman–Crippen MR) is 83.2 cm³/mol. The minimum atomic E-state index is -0.220. The zero-order chi connectivity index (χ0) is 15.5. The van der Waals surface area contributed by atoms with E-state index in [4.69, 9.17) is 5.73 Å². The lowest BCUT2D eigenvalue weighted by Crippen LogP contribution is -2.41. The summed E-state index contributed by atoms with van der Waals surface area (Å²) in [5.74, 6) is 0.887. The maximum atomic E-state index is 12.6. The summed E-state index contributed by atoms with van der Waals surface area (Å²) in [6.07, 6.45) is 6.04. The molecule has 0 aromatic carbocycles. The summed E-state index contributed by atoms with van der Waals surface area (Å²) in [6.45, 7) is 1.44. The van der Waals surface area contributed by atoms with Crippen molar-refractivity contribution < 1.29 is 9.59 Å². The molecule has 3 rings (SSSR count). The number of carbonyl (C=O) groups excluding carboxylic acids is 2. The summed E-state index contributed by atoms with van der Waals surface area (Å²) in [5.41, 5.74) is 5.27. The van der Waals surface area contributed by atoms with Crippen LogP contribution in [0.1, 0.15) is 32.1 Å². The van der Waals surface area contributed by atoms with Crippen LogP contribution in [0.15, 0.2) is 24.4 Å². The van der Waals surface area contributed by atoms with Gasteiger partial charge >= 0.3 is 6.03 Å². The molecule has 2 N–H and O–H groups in total. The second kappa shape index (κ2) is 6.34. The maximum Gasteiger partial charge on any atom is 0.326 e. The third-order valence-electron chi connectivity index (χ3n) is 4.71. The molecule has 2 heterocycles. The number of anilines is 1. The van der Waals surface area contributed by atoms with Crippen LogP contribution < -0.4 is 10.6 Å². The number of urea groups is 1. The lowest BCUT2D eigenvalue weighted by atomic mass is 9.83. The SMILES string of the molecule is NC(=O)CC1CCC(N2CCN(c3ccccn3)C2=O)CC1. The molecule has 1 saturated heterocycles. The van der Waals surface area contributed by atoms with E-state index in [0.717, 1.165) is 38.0 Å². The molecule has 2 fully saturated rings. The van der Waals surface area contributed by atoms with Crippen LogP contribution in [-0.2, 0) is 4.79 Å². The van der Waals surface area contributed by atoms with Crippen molar-refractivity contribution >= 4 is 17.8 Å². The lowest BCUT2D eigenvalue weighted by Gasteiger charge is -2.34. The Hall–Kier alpha value is -2.11. The van der Waals surface area contributed by atoms with Gasteiger partial charge in [0.05, 0.1) is 0 Å². The fraction of sp³-hybridized carbons (Fsp3) is 0.562. The molecule has 1 aliphatic heterocycles. The van der Waals surface area contributed by atoms with Crippen molar-refractivity contribution in [3.8, 4) is 0 Å². The van der Waals surface area contributed by atoms with E-state index >= 15 is 0 Å². The molecule has 118 valence electrons. The fourth-order valence-electron chi connectivity index (χ4n) is 3.56. The number of carbonyl (C=O) groups is 2. The van der Waals surface area contributed by atoms with Crippen LogP contribution in [0.25, 0.3) is 0 Å². The molecular weight excluding hydrogens is 280 g/mol. The Labute approximate surface area is 130 Å². The van der Waals surface area contributed by atoms with Crippen LogP contribution >= 0.6 is 0 Å². The van der Waals surface area contributed by atoms with Crippen molar-refractivity contribution in [3.05, 3.63) is 24.4 Å². The largest absolute Gasteiger partial charge is 0.370 e. The van der Waals surface area contributed by atoms with E-state index in [-0.39, 0.29) is 18.0 Å². The third kappa shape index (κ3) is 3.05. The highest BCUT2D eigenvalue weighted by molar-refractivity contribution is 5.93. The van der Waals surface area contributed by atoms with Crippen LogP contribution in [0.5, 0.6) is 0 Å². The van der Waals surface area contributed by atoms with Crippen LogP contribution in [-0.4, -0.2) is 41.0 Å². The highest BCUT2D eigenvalue weighted by Crippen LogP contribution is 2.31. The first-order valence-electron chi connectivity index (χ1n) is 7.92. The van der Waals surface area contributed by atoms with Gasteiger partial charge in [0.25, 0.3) is 0 Å². The molecule has 1 saturated carbocycles. The molecule has 0 atom stereocenters. The maximum absolute atomic E-state index is 12.6. The van der Waals surface area contributed by atoms with Gasteiger partial charge in [0.1, 0.15) is 5.82 Å². The van der Waals surface area contributed by atoms with E-state index in [2.05, 4.69) is 4.98 Å². The van der Waals surface area contributed by atoms with Crippen LogP contribution in [0, 0.1) is 5.92 Å². The van der Waals surface area contributed by atoms with Gasteiger partial charge in [-0.25, -0.2) is 9.78 Å². The van der Waals surface area contributed by atoms with E-state index in [9.17, 15) is 9.59 Å². The van der Waals surface area contributed by atoms with Gasteiger partial charge in [-0.1, -0.05) is 6.07 Å². The molecule has 1 aromatic heterocycles. The lowest BCUT2D eigenvalue weighted by molar-refractivity contribution is -0.119. The number of pyridine rings is 1. The number of amides is 3. The molecule has 1 aliphatic carbocycles. The minimum Gasteiger partial charge on any atom is -0.370 e. The van der Waals surface area contributed by atoms with Gasteiger partial charge in [-0.05, 0) is 43.7 Å². The van der Waals surface area contributed by atoms with Crippen molar-refractivity contribution in [2.75, 3.05) is 18.0 Å². The van der Waals surface area contributed by atoms with Crippen LogP contribution in [0.3, 0.4) is 0 Å². The van der Waals surface area contributed by atoms with Crippen molar-refractivity contribution in [3.63, 3.8) is 0 Å². The first kappa shape index (κ1) is 14.8. The molecule has 3 amide bonds.